The van der Waals surface area contributed by atoms with Gasteiger partial charge in [-0.05, 0) is 29.2 Å². The zero-order valence-electron chi connectivity index (χ0n) is 15.6. The molecule has 1 saturated heterocycles. The van der Waals surface area contributed by atoms with Crippen LogP contribution in [0.15, 0.2) is 48.8 Å². The maximum Gasteiger partial charge on any atom is 0.251 e. The zero-order valence-corrected chi connectivity index (χ0v) is 15.6. The van der Waals surface area contributed by atoms with Crippen LogP contribution in [0, 0.1) is 0 Å². The molecule has 2 aromatic rings. The largest absolute Gasteiger partial charge is 0.367 e. The Kier molecular flexibility index (Phi) is 5.86. The highest BCUT2D eigenvalue weighted by Crippen LogP contribution is 2.26. The number of benzene rings is 1. The van der Waals surface area contributed by atoms with Crippen molar-refractivity contribution in [1.29, 1.82) is 0 Å². The predicted octanol–water partition coefficient (Wildman–Crippen LogP) is 2.17. The molecule has 0 unspecified atom stereocenters. The van der Waals surface area contributed by atoms with Crippen molar-refractivity contribution in [2.45, 2.75) is 31.8 Å². The van der Waals surface area contributed by atoms with Crippen molar-refractivity contribution in [2.75, 3.05) is 19.7 Å². The van der Waals surface area contributed by atoms with Crippen molar-refractivity contribution >= 4 is 11.8 Å². The Morgan fingerprint density at radius 3 is 2.78 bits per heavy atom. The molecule has 27 heavy (non-hydrogen) atoms. The van der Waals surface area contributed by atoms with Crippen molar-refractivity contribution < 1.29 is 14.3 Å². The van der Waals surface area contributed by atoms with Gasteiger partial charge in [0.15, 0.2) is 5.60 Å². The van der Waals surface area contributed by atoms with Gasteiger partial charge in [0.05, 0.1) is 13.2 Å². The van der Waals surface area contributed by atoms with E-state index in [-0.39, 0.29) is 12.5 Å². The molecule has 0 saturated carbocycles. The molecule has 3 rings (SSSR count). The molecule has 1 fully saturated rings. The molecule has 0 radical (unpaired) electrons. The normalized spacial score (nSPS) is 19.7. The summed E-state index contributed by atoms with van der Waals surface area (Å²) in [7, 11) is 0. The highest BCUT2D eigenvalue weighted by Gasteiger charge is 2.43. The van der Waals surface area contributed by atoms with Crippen LogP contribution in [0.4, 0.5) is 0 Å². The molecular formula is C21H25N3O3. The van der Waals surface area contributed by atoms with Crippen molar-refractivity contribution in [1.82, 2.24) is 9.88 Å². The maximum atomic E-state index is 12.3. The van der Waals surface area contributed by atoms with Gasteiger partial charge in [0.25, 0.3) is 5.91 Å². The molecule has 1 atom stereocenters. The minimum Gasteiger partial charge on any atom is -0.367 e. The van der Waals surface area contributed by atoms with Crippen LogP contribution in [0.3, 0.4) is 0 Å². The van der Waals surface area contributed by atoms with Crippen LogP contribution in [0.5, 0.6) is 0 Å². The van der Waals surface area contributed by atoms with E-state index in [4.69, 9.17) is 10.5 Å². The van der Waals surface area contributed by atoms with Gasteiger partial charge in [0, 0.05) is 31.8 Å². The summed E-state index contributed by atoms with van der Waals surface area (Å²) in [4.78, 5) is 30.5. The van der Waals surface area contributed by atoms with Crippen LogP contribution in [-0.2, 0) is 20.7 Å². The quantitative estimate of drug-likeness (QED) is 0.848. The minimum absolute atomic E-state index is 0.0375. The number of ether oxygens (including phenoxy) is 1. The highest BCUT2D eigenvalue weighted by molar-refractivity contribution is 5.86. The van der Waals surface area contributed by atoms with E-state index in [1.165, 1.54) is 0 Å². The van der Waals surface area contributed by atoms with Crippen LogP contribution in [0.2, 0.25) is 0 Å². The van der Waals surface area contributed by atoms with Gasteiger partial charge in [0.2, 0.25) is 5.91 Å². The van der Waals surface area contributed by atoms with Crippen molar-refractivity contribution in [3.05, 3.63) is 54.4 Å². The first-order chi connectivity index (χ1) is 13.0. The molecule has 0 bridgehead atoms. The first-order valence-electron chi connectivity index (χ1n) is 9.25. The molecule has 6 heteroatoms. The first kappa shape index (κ1) is 19.0. The summed E-state index contributed by atoms with van der Waals surface area (Å²) in [5.74, 6) is -0.501. The number of nitrogens with zero attached hydrogens (tertiary/aromatic N) is 2. The fourth-order valence-electron chi connectivity index (χ4n) is 3.44. The van der Waals surface area contributed by atoms with E-state index in [1.54, 1.807) is 17.3 Å². The summed E-state index contributed by atoms with van der Waals surface area (Å²) in [6.45, 7) is 2.95. The molecule has 6 nitrogen and oxygen atoms in total. The van der Waals surface area contributed by atoms with Gasteiger partial charge in [-0.1, -0.05) is 37.3 Å². The van der Waals surface area contributed by atoms with E-state index >= 15 is 0 Å². The van der Waals surface area contributed by atoms with Gasteiger partial charge >= 0.3 is 0 Å². The lowest BCUT2D eigenvalue weighted by atomic mass is 9.90. The van der Waals surface area contributed by atoms with Gasteiger partial charge in [-0.15, -0.1) is 0 Å². The van der Waals surface area contributed by atoms with Crippen LogP contribution in [-0.4, -0.2) is 47.0 Å². The number of primary amides is 1. The summed E-state index contributed by atoms with van der Waals surface area (Å²) in [5.41, 5.74) is 7.46. The number of hydrogen-bond donors (Lipinski definition) is 1. The Hall–Kier alpha value is -2.73. The average molecular weight is 367 g/mol. The Balaban J connectivity index is 1.84. The molecule has 0 aliphatic carbocycles. The molecule has 1 aliphatic heterocycles. The standard InChI is InChI=1S/C21H25N3O3/c1-2-5-19(25)24-10-11-27-21(15-24,20(22)26)13-16-6-3-7-17(12-16)18-8-4-9-23-14-18/h3-4,6-9,12,14H,2,5,10-11,13,15H2,1H3,(H2,22,26)/t21-/m0/s1. The Morgan fingerprint density at radius 1 is 1.26 bits per heavy atom. The minimum atomic E-state index is -1.20. The van der Waals surface area contributed by atoms with Crippen LogP contribution in [0.1, 0.15) is 25.3 Å². The second-order valence-corrected chi connectivity index (χ2v) is 6.89. The van der Waals surface area contributed by atoms with Gasteiger partial charge in [-0.2, -0.15) is 0 Å². The summed E-state index contributed by atoms with van der Waals surface area (Å²) >= 11 is 0. The number of morpholine rings is 1. The third-order valence-corrected chi connectivity index (χ3v) is 4.86. The fraction of sp³-hybridized carbons (Fsp3) is 0.381. The SMILES string of the molecule is CCCC(=O)N1CCO[C@](Cc2cccc(-c3cccnc3)c2)(C(N)=O)C1. The van der Waals surface area contributed by atoms with E-state index in [2.05, 4.69) is 4.98 Å². The van der Waals surface area contributed by atoms with Crippen LogP contribution < -0.4 is 5.73 Å². The molecule has 0 spiro atoms. The van der Waals surface area contributed by atoms with Gasteiger partial charge in [0.1, 0.15) is 0 Å². The van der Waals surface area contributed by atoms with Crippen LogP contribution in [0.25, 0.3) is 11.1 Å². The van der Waals surface area contributed by atoms with Crippen molar-refractivity contribution in [3.8, 4) is 11.1 Å². The topological polar surface area (TPSA) is 85.5 Å². The number of rotatable bonds is 6. The summed E-state index contributed by atoms with van der Waals surface area (Å²) in [6, 6.07) is 11.8. The number of amides is 2. The monoisotopic (exact) mass is 367 g/mol. The zero-order chi connectivity index (χ0) is 19.3. The number of hydrogen-bond acceptors (Lipinski definition) is 4. The van der Waals surface area contributed by atoms with Crippen molar-refractivity contribution in [3.63, 3.8) is 0 Å². The first-order valence-corrected chi connectivity index (χ1v) is 9.25. The molecular weight excluding hydrogens is 342 g/mol. The number of carbonyl (C=O) groups excluding carboxylic acids is 2. The van der Waals surface area contributed by atoms with E-state index in [0.717, 1.165) is 23.1 Å². The highest BCUT2D eigenvalue weighted by atomic mass is 16.5. The molecule has 142 valence electrons. The Labute approximate surface area is 159 Å². The third kappa shape index (κ3) is 4.34. The second kappa shape index (κ2) is 8.31. The molecule has 1 aromatic heterocycles. The summed E-state index contributed by atoms with van der Waals surface area (Å²) < 4.78 is 5.85. The number of pyridine rings is 1. The molecule has 2 N–H and O–H groups in total. The maximum absolute atomic E-state index is 12.3. The molecule has 1 aromatic carbocycles. The third-order valence-electron chi connectivity index (χ3n) is 4.86. The number of carbonyl (C=O) groups is 2. The lowest BCUT2D eigenvalue weighted by molar-refractivity contribution is -0.163. The second-order valence-electron chi connectivity index (χ2n) is 6.89. The van der Waals surface area contributed by atoms with Gasteiger partial charge in [-0.3, -0.25) is 14.6 Å². The van der Waals surface area contributed by atoms with E-state index in [0.29, 0.717) is 26.0 Å². The average Bonchev–Trinajstić information content (AvgIpc) is 2.69. The summed E-state index contributed by atoms with van der Waals surface area (Å²) in [5, 5.41) is 0. The molecule has 2 heterocycles. The summed E-state index contributed by atoms with van der Waals surface area (Å²) in [6.07, 6.45) is 5.09. The Bertz CT molecular complexity index is 809. The smallest absolute Gasteiger partial charge is 0.251 e. The number of aromatic nitrogens is 1. The van der Waals surface area contributed by atoms with Crippen LogP contribution >= 0.6 is 0 Å². The van der Waals surface area contributed by atoms with Crippen molar-refractivity contribution in [2.24, 2.45) is 5.73 Å². The van der Waals surface area contributed by atoms with E-state index in [9.17, 15) is 9.59 Å². The Morgan fingerprint density at radius 2 is 2.07 bits per heavy atom. The van der Waals surface area contributed by atoms with E-state index in [1.807, 2.05) is 43.3 Å². The predicted molar refractivity (Wildman–Crippen MR) is 103 cm³/mol. The van der Waals surface area contributed by atoms with E-state index < -0.39 is 11.5 Å². The molecule has 2 amide bonds. The van der Waals surface area contributed by atoms with Gasteiger partial charge < -0.3 is 15.4 Å². The number of nitrogens with two attached hydrogens (primary N) is 1. The fourth-order valence-corrected chi connectivity index (χ4v) is 3.44. The lowest BCUT2D eigenvalue weighted by Crippen LogP contribution is -2.61. The molecule has 1 aliphatic rings. The van der Waals surface area contributed by atoms with Gasteiger partial charge in [-0.25, -0.2) is 0 Å². The lowest BCUT2D eigenvalue weighted by Gasteiger charge is -2.41.